The lowest BCUT2D eigenvalue weighted by molar-refractivity contribution is -0.153. The van der Waals surface area contributed by atoms with Crippen molar-refractivity contribution in [1.82, 2.24) is 4.90 Å². The number of halogens is 4. The number of guanidine groups is 1. The van der Waals surface area contributed by atoms with E-state index in [-0.39, 0.29) is 29.7 Å². The van der Waals surface area contributed by atoms with Gasteiger partial charge in [-0.3, -0.25) is 0 Å². The van der Waals surface area contributed by atoms with Crippen LogP contribution in [-0.2, 0) is 6.54 Å². The van der Waals surface area contributed by atoms with Crippen LogP contribution in [0.25, 0.3) is 0 Å². The molecule has 1 aliphatic rings. The molecule has 0 heterocycles. The van der Waals surface area contributed by atoms with E-state index in [0.29, 0.717) is 18.5 Å². The molecule has 0 aromatic heterocycles. The molecule has 0 saturated heterocycles. The van der Waals surface area contributed by atoms with Crippen molar-refractivity contribution in [2.75, 3.05) is 13.7 Å². The first-order valence-corrected chi connectivity index (χ1v) is 6.66. The Balaban J connectivity index is 0.00000242. The van der Waals surface area contributed by atoms with Crippen LogP contribution in [0.5, 0.6) is 5.75 Å². The Labute approximate surface area is 144 Å². The molecule has 1 fully saturated rings. The molecule has 1 aromatic rings. The van der Waals surface area contributed by atoms with Crippen LogP contribution in [0.15, 0.2) is 29.3 Å². The first-order chi connectivity index (χ1) is 9.85. The second kappa shape index (κ2) is 7.89. The number of hydrogen-bond acceptors (Lipinski definition) is 2. The van der Waals surface area contributed by atoms with Crippen LogP contribution >= 0.6 is 24.0 Å². The number of rotatable bonds is 5. The molecule has 2 rings (SSSR count). The third kappa shape index (κ3) is 6.29. The second-order valence-electron chi connectivity index (χ2n) is 5.06. The van der Waals surface area contributed by atoms with Crippen molar-refractivity contribution in [3.8, 4) is 5.75 Å². The molecule has 0 spiro atoms. The predicted octanol–water partition coefficient (Wildman–Crippen LogP) is 3.15. The number of aliphatic imine (C=N–C) groups is 1. The highest BCUT2D eigenvalue weighted by Crippen LogP contribution is 2.25. The maximum Gasteiger partial charge on any atom is 0.422 e. The van der Waals surface area contributed by atoms with E-state index in [4.69, 9.17) is 5.73 Å². The minimum atomic E-state index is -4.33. The van der Waals surface area contributed by atoms with Crippen LogP contribution in [0.3, 0.4) is 0 Å². The molecule has 0 unspecified atom stereocenters. The Morgan fingerprint density at radius 3 is 2.41 bits per heavy atom. The van der Waals surface area contributed by atoms with Gasteiger partial charge in [0, 0.05) is 13.1 Å². The molecule has 0 bridgehead atoms. The molecule has 124 valence electrons. The highest BCUT2D eigenvalue weighted by Gasteiger charge is 2.28. The van der Waals surface area contributed by atoms with Gasteiger partial charge in [0.05, 0.1) is 6.54 Å². The van der Waals surface area contributed by atoms with Crippen molar-refractivity contribution in [3.63, 3.8) is 0 Å². The van der Waals surface area contributed by atoms with Crippen molar-refractivity contribution in [2.24, 2.45) is 10.7 Å². The molecule has 1 aliphatic carbocycles. The van der Waals surface area contributed by atoms with Gasteiger partial charge in [0.15, 0.2) is 12.6 Å². The van der Waals surface area contributed by atoms with E-state index in [1.807, 2.05) is 11.9 Å². The van der Waals surface area contributed by atoms with Gasteiger partial charge in [-0.2, -0.15) is 13.2 Å². The second-order valence-corrected chi connectivity index (χ2v) is 5.06. The summed E-state index contributed by atoms with van der Waals surface area (Å²) in [6.45, 7) is -0.897. The molecule has 1 aromatic carbocycles. The maximum absolute atomic E-state index is 12.0. The first kappa shape index (κ1) is 18.9. The average Bonchev–Trinajstić information content (AvgIpc) is 3.26. The monoisotopic (exact) mass is 429 g/mol. The van der Waals surface area contributed by atoms with Crippen LogP contribution in [0.1, 0.15) is 18.4 Å². The van der Waals surface area contributed by atoms with Crippen molar-refractivity contribution in [2.45, 2.75) is 31.6 Å². The number of nitrogens with two attached hydrogens (primary N) is 1. The van der Waals surface area contributed by atoms with E-state index in [0.717, 1.165) is 18.4 Å². The molecule has 0 atom stereocenters. The Morgan fingerprint density at radius 1 is 1.32 bits per heavy atom. The number of alkyl halides is 3. The number of benzene rings is 1. The molecular formula is C14H19F3IN3O. The summed E-state index contributed by atoms with van der Waals surface area (Å²) >= 11 is 0. The largest absolute Gasteiger partial charge is 0.484 e. The summed E-state index contributed by atoms with van der Waals surface area (Å²) in [4.78, 5) is 6.22. The highest BCUT2D eigenvalue weighted by atomic mass is 127. The SMILES string of the molecule is CN(C(N)=NCc1ccc(OCC(F)(F)F)cc1)C1CC1.I. The zero-order valence-corrected chi connectivity index (χ0v) is 14.5. The molecule has 22 heavy (non-hydrogen) atoms. The third-order valence-corrected chi connectivity index (χ3v) is 3.21. The van der Waals surface area contributed by atoms with Gasteiger partial charge in [0.25, 0.3) is 0 Å². The zero-order valence-electron chi connectivity index (χ0n) is 12.1. The summed E-state index contributed by atoms with van der Waals surface area (Å²) in [6.07, 6.45) is -2.05. The molecule has 4 nitrogen and oxygen atoms in total. The Morgan fingerprint density at radius 2 is 1.91 bits per heavy atom. The van der Waals surface area contributed by atoms with Gasteiger partial charge < -0.3 is 15.4 Å². The normalized spacial score (nSPS) is 15.2. The van der Waals surface area contributed by atoms with Gasteiger partial charge in [-0.1, -0.05) is 12.1 Å². The Kier molecular flexibility index (Phi) is 6.76. The summed E-state index contributed by atoms with van der Waals surface area (Å²) in [7, 11) is 1.91. The summed E-state index contributed by atoms with van der Waals surface area (Å²) in [6, 6.07) is 6.85. The van der Waals surface area contributed by atoms with E-state index in [1.54, 1.807) is 12.1 Å². The standard InChI is InChI=1S/C14H18F3N3O.HI/c1-20(11-4-5-11)13(18)19-8-10-2-6-12(7-3-10)21-9-14(15,16)17;/h2-3,6-7,11H,4-5,8-9H2,1H3,(H2,18,19);1H. The fourth-order valence-electron chi connectivity index (χ4n) is 1.79. The zero-order chi connectivity index (χ0) is 15.5. The number of hydrogen-bond donors (Lipinski definition) is 1. The van der Waals surface area contributed by atoms with Gasteiger partial charge in [-0.15, -0.1) is 24.0 Å². The van der Waals surface area contributed by atoms with Crippen molar-refractivity contribution >= 4 is 29.9 Å². The van der Waals surface area contributed by atoms with E-state index in [9.17, 15) is 13.2 Å². The summed E-state index contributed by atoms with van der Waals surface area (Å²) in [5.74, 6) is 0.665. The van der Waals surface area contributed by atoms with Gasteiger partial charge >= 0.3 is 6.18 Å². The lowest BCUT2D eigenvalue weighted by Gasteiger charge is -2.16. The number of nitrogens with zero attached hydrogens (tertiary/aromatic N) is 2. The molecular weight excluding hydrogens is 410 g/mol. The van der Waals surface area contributed by atoms with Gasteiger partial charge in [0.2, 0.25) is 0 Å². The topological polar surface area (TPSA) is 50.8 Å². The molecule has 0 radical (unpaired) electrons. The van der Waals surface area contributed by atoms with Crippen molar-refractivity contribution in [3.05, 3.63) is 29.8 Å². The van der Waals surface area contributed by atoms with E-state index >= 15 is 0 Å². The lowest BCUT2D eigenvalue weighted by Crippen LogP contribution is -2.35. The van der Waals surface area contributed by atoms with Crippen LogP contribution in [-0.4, -0.2) is 36.7 Å². The van der Waals surface area contributed by atoms with Crippen LogP contribution in [0.4, 0.5) is 13.2 Å². The maximum atomic E-state index is 12.0. The fraction of sp³-hybridized carbons (Fsp3) is 0.500. The van der Waals surface area contributed by atoms with E-state index in [2.05, 4.69) is 9.73 Å². The minimum absolute atomic E-state index is 0. The van der Waals surface area contributed by atoms with Gasteiger partial charge in [0.1, 0.15) is 5.75 Å². The average molecular weight is 429 g/mol. The first-order valence-electron chi connectivity index (χ1n) is 6.66. The molecule has 1 saturated carbocycles. The predicted molar refractivity (Wildman–Crippen MR) is 89.5 cm³/mol. The minimum Gasteiger partial charge on any atom is -0.484 e. The quantitative estimate of drug-likeness (QED) is 0.445. The fourth-order valence-corrected chi connectivity index (χ4v) is 1.79. The summed E-state index contributed by atoms with van der Waals surface area (Å²) in [5, 5.41) is 0. The molecule has 8 heteroatoms. The highest BCUT2D eigenvalue weighted by molar-refractivity contribution is 14.0. The van der Waals surface area contributed by atoms with Gasteiger partial charge in [-0.25, -0.2) is 4.99 Å². The van der Waals surface area contributed by atoms with Crippen LogP contribution in [0, 0.1) is 0 Å². The summed E-state index contributed by atoms with van der Waals surface area (Å²) < 4.78 is 40.7. The Hall–Kier alpha value is -1.19. The van der Waals surface area contributed by atoms with E-state index < -0.39 is 12.8 Å². The molecule has 2 N–H and O–H groups in total. The summed E-state index contributed by atoms with van der Waals surface area (Å²) in [5.41, 5.74) is 6.72. The lowest BCUT2D eigenvalue weighted by atomic mass is 10.2. The number of ether oxygens (including phenoxy) is 1. The van der Waals surface area contributed by atoms with Gasteiger partial charge in [-0.05, 0) is 30.5 Å². The van der Waals surface area contributed by atoms with E-state index in [1.165, 1.54) is 12.1 Å². The third-order valence-electron chi connectivity index (χ3n) is 3.21. The smallest absolute Gasteiger partial charge is 0.422 e. The Bertz CT molecular complexity index is 501. The van der Waals surface area contributed by atoms with Crippen LogP contribution < -0.4 is 10.5 Å². The van der Waals surface area contributed by atoms with Crippen LogP contribution in [0.2, 0.25) is 0 Å². The van der Waals surface area contributed by atoms with Crippen molar-refractivity contribution in [1.29, 1.82) is 0 Å². The molecule has 0 aliphatic heterocycles. The van der Waals surface area contributed by atoms with Crippen molar-refractivity contribution < 1.29 is 17.9 Å². The molecule has 0 amide bonds.